The van der Waals surface area contributed by atoms with Crippen LogP contribution in [0.2, 0.25) is 0 Å². The Balaban J connectivity index is 2.32. The highest BCUT2D eigenvalue weighted by Crippen LogP contribution is 2.39. The van der Waals surface area contributed by atoms with E-state index >= 15 is 0 Å². The van der Waals surface area contributed by atoms with Gasteiger partial charge < -0.3 is 14.6 Å². The molecule has 0 saturated heterocycles. The molecule has 5 nitrogen and oxygen atoms in total. The maximum absolute atomic E-state index is 11.5. The van der Waals surface area contributed by atoms with Gasteiger partial charge in [-0.25, -0.2) is 4.79 Å². The molecule has 0 aliphatic heterocycles. The van der Waals surface area contributed by atoms with Gasteiger partial charge in [0.05, 0.1) is 17.7 Å². The average molecular weight is 343 g/mol. The molecule has 0 bridgehead atoms. The first-order valence-electron chi connectivity index (χ1n) is 6.34. The molecule has 0 spiro atoms. The van der Waals surface area contributed by atoms with E-state index in [-0.39, 0.29) is 11.7 Å². The van der Waals surface area contributed by atoms with Gasteiger partial charge in [0.2, 0.25) is 0 Å². The third-order valence-electron chi connectivity index (χ3n) is 3.27. The molecule has 1 fully saturated rings. The summed E-state index contributed by atoms with van der Waals surface area (Å²) < 4.78 is 11.6. The number of aliphatic carboxylic acids is 1. The van der Waals surface area contributed by atoms with Crippen molar-refractivity contribution < 1.29 is 24.2 Å². The van der Waals surface area contributed by atoms with E-state index in [2.05, 4.69) is 15.9 Å². The monoisotopic (exact) mass is 342 g/mol. The standard InChI is InChI=1S/C14H15BrO5/c1-19-11-7-8(12(16)14(17)18)6-10(15)13(11)20-9-4-2-3-5-9/h6-7,9H,2-5H2,1H3,(H,17,18). The van der Waals surface area contributed by atoms with Gasteiger partial charge in [0.25, 0.3) is 5.78 Å². The predicted octanol–water partition coefficient (Wildman–Crippen LogP) is 3.05. The number of halogens is 1. The Kier molecular flexibility index (Phi) is 4.65. The molecule has 1 saturated carbocycles. The number of hydrogen-bond acceptors (Lipinski definition) is 4. The van der Waals surface area contributed by atoms with Crippen molar-refractivity contribution in [2.45, 2.75) is 31.8 Å². The second kappa shape index (κ2) is 6.26. The van der Waals surface area contributed by atoms with Gasteiger partial charge in [0.1, 0.15) is 0 Å². The van der Waals surface area contributed by atoms with Crippen molar-refractivity contribution in [1.82, 2.24) is 0 Å². The number of hydrogen-bond donors (Lipinski definition) is 1. The topological polar surface area (TPSA) is 72.8 Å². The molecule has 0 unspecified atom stereocenters. The lowest BCUT2D eigenvalue weighted by molar-refractivity contribution is -0.131. The van der Waals surface area contributed by atoms with Crippen LogP contribution in [0.5, 0.6) is 11.5 Å². The minimum absolute atomic E-state index is 0.0556. The van der Waals surface area contributed by atoms with Crippen LogP contribution in [0.4, 0.5) is 0 Å². The van der Waals surface area contributed by atoms with Gasteiger partial charge in [-0.3, -0.25) is 4.79 Å². The van der Waals surface area contributed by atoms with Crippen molar-refractivity contribution in [1.29, 1.82) is 0 Å². The number of Topliss-reactive ketones (excluding diaryl/α,β-unsaturated/α-hetero) is 1. The highest BCUT2D eigenvalue weighted by atomic mass is 79.9. The molecular weight excluding hydrogens is 328 g/mol. The smallest absolute Gasteiger partial charge is 0.377 e. The fourth-order valence-electron chi connectivity index (χ4n) is 2.26. The molecule has 108 valence electrons. The van der Waals surface area contributed by atoms with Gasteiger partial charge in [-0.15, -0.1) is 0 Å². The van der Waals surface area contributed by atoms with Crippen LogP contribution in [0, 0.1) is 0 Å². The molecule has 1 aromatic carbocycles. The van der Waals surface area contributed by atoms with Crippen LogP contribution in [0.25, 0.3) is 0 Å². The molecular formula is C14H15BrO5. The number of benzene rings is 1. The normalized spacial score (nSPS) is 15.1. The number of carboxylic acid groups (broad SMARTS) is 1. The van der Waals surface area contributed by atoms with Crippen LogP contribution >= 0.6 is 15.9 Å². The summed E-state index contributed by atoms with van der Waals surface area (Å²) in [4.78, 5) is 22.2. The third kappa shape index (κ3) is 3.12. The molecule has 0 radical (unpaired) electrons. The molecule has 0 heterocycles. The minimum Gasteiger partial charge on any atom is -0.493 e. The van der Waals surface area contributed by atoms with Crippen LogP contribution in [-0.4, -0.2) is 30.1 Å². The zero-order valence-corrected chi connectivity index (χ0v) is 12.6. The Bertz CT molecular complexity index is 535. The Morgan fingerprint density at radius 1 is 1.30 bits per heavy atom. The van der Waals surface area contributed by atoms with Crippen LogP contribution in [-0.2, 0) is 4.79 Å². The Morgan fingerprint density at radius 2 is 1.95 bits per heavy atom. The van der Waals surface area contributed by atoms with E-state index in [4.69, 9.17) is 14.6 Å². The summed E-state index contributed by atoms with van der Waals surface area (Å²) in [5.41, 5.74) is 0.0556. The summed E-state index contributed by atoms with van der Waals surface area (Å²) in [5.74, 6) is -1.60. The molecule has 6 heteroatoms. The third-order valence-corrected chi connectivity index (χ3v) is 3.86. The van der Waals surface area contributed by atoms with Crippen molar-refractivity contribution in [2.24, 2.45) is 0 Å². The SMILES string of the molecule is COc1cc(C(=O)C(=O)O)cc(Br)c1OC1CCCC1. The lowest BCUT2D eigenvalue weighted by Gasteiger charge is -2.18. The van der Waals surface area contributed by atoms with Gasteiger partial charge in [-0.1, -0.05) is 0 Å². The molecule has 1 aliphatic carbocycles. The number of ketones is 1. The van der Waals surface area contributed by atoms with Crippen molar-refractivity contribution in [3.05, 3.63) is 22.2 Å². The summed E-state index contributed by atoms with van der Waals surface area (Å²) in [6.45, 7) is 0. The van der Waals surface area contributed by atoms with E-state index in [1.165, 1.54) is 19.2 Å². The zero-order chi connectivity index (χ0) is 14.7. The van der Waals surface area contributed by atoms with Crippen molar-refractivity contribution in [3.8, 4) is 11.5 Å². The summed E-state index contributed by atoms with van der Waals surface area (Å²) >= 11 is 3.31. The highest BCUT2D eigenvalue weighted by Gasteiger charge is 2.23. The average Bonchev–Trinajstić information content (AvgIpc) is 2.92. The molecule has 0 atom stereocenters. The van der Waals surface area contributed by atoms with E-state index in [1.807, 2.05) is 0 Å². The number of carboxylic acids is 1. The van der Waals surface area contributed by atoms with E-state index in [9.17, 15) is 9.59 Å². The van der Waals surface area contributed by atoms with Gasteiger partial charge >= 0.3 is 5.97 Å². The molecule has 2 rings (SSSR count). The summed E-state index contributed by atoms with van der Waals surface area (Å²) in [7, 11) is 1.46. The molecule has 20 heavy (non-hydrogen) atoms. The molecule has 1 N–H and O–H groups in total. The number of carbonyl (C=O) groups excluding carboxylic acids is 1. The Hall–Kier alpha value is -1.56. The fraction of sp³-hybridized carbons (Fsp3) is 0.429. The molecule has 0 aromatic heterocycles. The Labute approximate surface area is 125 Å². The quantitative estimate of drug-likeness (QED) is 0.657. The minimum atomic E-state index is -1.50. The van der Waals surface area contributed by atoms with Gasteiger partial charge in [-0.2, -0.15) is 0 Å². The lowest BCUT2D eigenvalue weighted by Crippen LogP contribution is -2.15. The van der Waals surface area contributed by atoms with E-state index in [0.717, 1.165) is 25.7 Å². The number of rotatable bonds is 5. The second-order valence-electron chi connectivity index (χ2n) is 4.65. The summed E-state index contributed by atoms with van der Waals surface area (Å²) in [6, 6.07) is 2.84. The highest BCUT2D eigenvalue weighted by molar-refractivity contribution is 9.10. The summed E-state index contributed by atoms with van der Waals surface area (Å²) in [6.07, 6.45) is 4.40. The number of ether oxygens (including phenoxy) is 2. The first kappa shape index (κ1) is 14.8. The van der Waals surface area contributed by atoms with Crippen LogP contribution in [0.15, 0.2) is 16.6 Å². The first-order chi connectivity index (χ1) is 9.52. The predicted molar refractivity (Wildman–Crippen MR) is 75.5 cm³/mol. The fourth-order valence-corrected chi connectivity index (χ4v) is 2.80. The number of carbonyl (C=O) groups is 2. The van der Waals surface area contributed by atoms with Gasteiger partial charge in [-0.05, 0) is 53.7 Å². The maximum Gasteiger partial charge on any atom is 0.377 e. The van der Waals surface area contributed by atoms with Crippen LogP contribution in [0.3, 0.4) is 0 Å². The van der Waals surface area contributed by atoms with Crippen LogP contribution < -0.4 is 9.47 Å². The van der Waals surface area contributed by atoms with Crippen molar-refractivity contribution >= 4 is 27.7 Å². The lowest BCUT2D eigenvalue weighted by atomic mass is 10.1. The van der Waals surface area contributed by atoms with Crippen molar-refractivity contribution in [2.75, 3.05) is 7.11 Å². The van der Waals surface area contributed by atoms with E-state index in [0.29, 0.717) is 16.0 Å². The van der Waals surface area contributed by atoms with Crippen molar-refractivity contribution in [3.63, 3.8) is 0 Å². The zero-order valence-electron chi connectivity index (χ0n) is 11.0. The molecule has 1 aliphatic rings. The maximum atomic E-state index is 11.5. The summed E-state index contributed by atoms with van der Waals surface area (Å²) in [5, 5.41) is 8.75. The van der Waals surface area contributed by atoms with E-state index in [1.54, 1.807) is 0 Å². The first-order valence-corrected chi connectivity index (χ1v) is 7.14. The molecule has 0 amide bonds. The van der Waals surface area contributed by atoms with Gasteiger partial charge in [0.15, 0.2) is 11.5 Å². The number of methoxy groups -OCH3 is 1. The Morgan fingerprint density at radius 3 is 2.50 bits per heavy atom. The largest absolute Gasteiger partial charge is 0.493 e. The second-order valence-corrected chi connectivity index (χ2v) is 5.50. The van der Waals surface area contributed by atoms with Crippen LogP contribution in [0.1, 0.15) is 36.0 Å². The van der Waals surface area contributed by atoms with E-state index < -0.39 is 11.8 Å². The van der Waals surface area contributed by atoms with Gasteiger partial charge in [0, 0.05) is 5.56 Å². The molecule has 1 aromatic rings.